The number of aryl methyl sites for hydroxylation is 1. The molecular formula is C19H25FN4O2S. The Kier molecular flexibility index (Phi) is 5.96. The van der Waals surface area contributed by atoms with E-state index < -0.39 is 9.52 Å². The van der Waals surface area contributed by atoms with Crippen molar-refractivity contribution in [3.63, 3.8) is 0 Å². The van der Waals surface area contributed by atoms with E-state index in [2.05, 4.69) is 21.0 Å². The minimum Gasteiger partial charge on any atom is -0.332 e. The number of hydrogen-bond acceptors (Lipinski definition) is 4. The number of rotatable bonds is 6. The predicted molar refractivity (Wildman–Crippen MR) is 106 cm³/mol. The fourth-order valence-electron chi connectivity index (χ4n) is 3.06. The van der Waals surface area contributed by atoms with E-state index in [9.17, 15) is 13.4 Å². The third-order valence-electron chi connectivity index (χ3n) is 4.78. The van der Waals surface area contributed by atoms with Gasteiger partial charge in [-0.05, 0) is 34.4 Å². The molecule has 0 radical (unpaired) electrons. The highest BCUT2D eigenvalue weighted by molar-refractivity contribution is 8.00. The second-order valence-corrected chi connectivity index (χ2v) is 9.72. The van der Waals surface area contributed by atoms with Gasteiger partial charge in [0.25, 0.3) is 5.91 Å². The Labute approximate surface area is 159 Å². The molecule has 1 N–H and O–H groups in total. The van der Waals surface area contributed by atoms with E-state index in [1.165, 1.54) is 6.07 Å². The molecule has 0 aliphatic carbocycles. The summed E-state index contributed by atoms with van der Waals surface area (Å²) in [7, 11) is -1.95. The predicted octanol–water partition coefficient (Wildman–Crippen LogP) is 1.53. The molecule has 1 aromatic heterocycles. The number of benzene rings is 1. The van der Waals surface area contributed by atoms with Crippen molar-refractivity contribution in [3.8, 4) is 0 Å². The lowest BCUT2D eigenvalue weighted by molar-refractivity contribution is 0.0716. The highest BCUT2D eigenvalue weighted by Crippen LogP contribution is 2.13. The van der Waals surface area contributed by atoms with Crippen LogP contribution < -0.4 is 0 Å². The van der Waals surface area contributed by atoms with Crippen LogP contribution >= 0.6 is 0 Å². The van der Waals surface area contributed by atoms with Gasteiger partial charge in [-0.15, -0.1) is 0 Å². The van der Waals surface area contributed by atoms with Crippen molar-refractivity contribution in [3.05, 3.63) is 53.1 Å². The van der Waals surface area contributed by atoms with Crippen molar-refractivity contribution < 1.29 is 13.4 Å². The summed E-state index contributed by atoms with van der Waals surface area (Å²) in [6.07, 6.45) is 0. The van der Waals surface area contributed by atoms with Crippen LogP contribution in [-0.2, 0) is 16.1 Å². The highest BCUT2D eigenvalue weighted by atomic mass is 32.2. The number of amides is 1. The zero-order valence-corrected chi connectivity index (χ0v) is 16.3. The molecule has 0 spiro atoms. The fourth-order valence-corrected chi connectivity index (χ4v) is 4.45. The molecule has 1 amide bonds. The monoisotopic (exact) mass is 392 g/mol. The Balaban J connectivity index is 1.71. The van der Waals surface area contributed by atoms with Gasteiger partial charge in [0.1, 0.15) is 11.5 Å². The number of nitrogens with zero attached hydrogens (tertiary/aromatic N) is 3. The summed E-state index contributed by atoms with van der Waals surface area (Å²) in [5, 5.41) is 6.82. The topological polar surface area (TPSA) is 69.3 Å². The first kappa shape index (κ1) is 19.6. The van der Waals surface area contributed by atoms with Gasteiger partial charge >= 0.3 is 0 Å². The molecular weight excluding hydrogens is 367 g/mol. The van der Waals surface area contributed by atoms with Crippen LogP contribution in [0.3, 0.4) is 0 Å². The number of aromatic amines is 1. The zero-order valence-electron chi connectivity index (χ0n) is 15.5. The van der Waals surface area contributed by atoms with Crippen LogP contribution in [0, 0.1) is 12.7 Å². The SMILES string of the molecule is C=S1(=O)CCN(CCN(Cc2ccccc2F)C(=O)c2cc(C)[nH]n2)CC1. The molecule has 2 aromatic rings. The summed E-state index contributed by atoms with van der Waals surface area (Å²) in [5.41, 5.74) is 1.59. The lowest BCUT2D eigenvalue weighted by Gasteiger charge is -2.31. The Hall–Kier alpha value is -2.19. The Morgan fingerprint density at radius 3 is 2.70 bits per heavy atom. The molecule has 0 unspecified atom stereocenters. The van der Waals surface area contributed by atoms with Crippen LogP contribution in [0.15, 0.2) is 30.3 Å². The molecule has 3 rings (SSSR count). The molecule has 1 aromatic carbocycles. The first-order valence-electron chi connectivity index (χ1n) is 8.94. The smallest absolute Gasteiger partial charge is 0.274 e. The van der Waals surface area contributed by atoms with Crippen molar-refractivity contribution in [2.75, 3.05) is 37.7 Å². The molecule has 146 valence electrons. The number of carbonyl (C=O) groups excluding carboxylic acids is 1. The first-order chi connectivity index (χ1) is 12.8. The van der Waals surface area contributed by atoms with Gasteiger partial charge in [0.2, 0.25) is 0 Å². The second kappa shape index (κ2) is 8.22. The van der Waals surface area contributed by atoms with Gasteiger partial charge in [0.15, 0.2) is 0 Å². The average molecular weight is 393 g/mol. The normalized spacial score (nSPS) is 17.0. The lowest BCUT2D eigenvalue weighted by Crippen LogP contribution is -2.45. The molecule has 0 bridgehead atoms. The standard InChI is InChI=1S/C19H25FN4O2S/c1-15-13-18(22-21-15)19(25)24(14-16-5-3-4-6-17(16)20)8-7-23-9-11-27(2,26)12-10-23/h3-6,13H,2,7-12,14H2,1H3,(H,21,22). The van der Waals surface area contributed by atoms with E-state index in [-0.39, 0.29) is 18.3 Å². The van der Waals surface area contributed by atoms with Crippen LogP contribution in [0.2, 0.25) is 0 Å². The minimum atomic E-state index is -1.95. The molecule has 1 saturated heterocycles. The summed E-state index contributed by atoms with van der Waals surface area (Å²) in [5.74, 6) is 4.36. The number of hydrogen-bond donors (Lipinski definition) is 1. The van der Waals surface area contributed by atoms with Crippen LogP contribution in [-0.4, -0.2) is 73.7 Å². The Morgan fingerprint density at radius 1 is 1.37 bits per heavy atom. The van der Waals surface area contributed by atoms with Crippen LogP contribution in [0.4, 0.5) is 4.39 Å². The quantitative estimate of drug-likeness (QED) is 0.757. The molecule has 27 heavy (non-hydrogen) atoms. The number of aromatic nitrogens is 2. The Morgan fingerprint density at radius 2 is 2.07 bits per heavy atom. The van der Waals surface area contributed by atoms with Crippen molar-refractivity contribution in [1.82, 2.24) is 20.0 Å². The number of nitrogens with one attached hydrogen (secondary N) is 1. The lowest BCUT2D eigenvalue weighted by atomic mass is 10.2. The first-order valence-corrected chi connectivity index (χ1v) is 11.0. The summed E-state index contributed by atoms with van der Waals surface area (Å²) in [6.45, 7) is 4.49. The molecule has 1 aliphatic rings. The van der Waals surface area contributed by atoms with Gasteiger partial charge in [-0.1, -0.05) is 18.2 Å². The van der Waals surface area contributed by atoms with Gasteiger partial charge in [-0.3, -0.25) is 19.0 Å². The van der Waals surface area contributed by atoms with Crippen molar-refractivity contribution in [1.29, 1.82) is 0 Å². The van der Waals surface area contributed by atoms with E-state index >= 15 is 0 Å². The third-order valence-corrected chi connectivity index (χ3v) is 6.63. The highest BCUT2D eigenvalue weighted by Gasteiger charge is 2.22. The molecule has 1 fully saturated rings. The molecule has 0 atom stereocenters. The fraction of sp³-hybridized carbons (Fsp3) is 0.421. The van der Waals surface area contributed by atoms with Crippen LogP contribution in [0.5, 0.6) is 0 Å². The zero-order chi connectivity index (χ0) is 19.4. The van der Waals surface area contributed by atoms with E-state index in [1.807, 2.05) is 6.92 Å². The molecule has 6 nitrogen and oxygen atoms in total. The van der Waals surface area contributed by atoms with Crippen LogP contribution in [0.25, 0.3) is 0 Å². The van der Waals surface area contributed by atoms with Crippen molar-refractivity contribution in [2.24, 2.45) is 0 Å². The summed E-state index contributed by atoms with van der Waals surface area (Å²) >= 11 is 0. The second-order valence-electron chi connectivity index (χ2n) is 6.97. The van der Waals surface area contributed by atoms with Gasteiger partial charge in [0.05, 0.1) is 0 Å². The maximum absolute atomic E-state index is 14.1. The average Bonchev–Trinajstić information content (AvgIpc) is 3.07. The Bertz CT molecular complexity index is 896. The van der Waals surface area contributed by atoms with E-state index in [1.54, 1.807) is 29.2 Å². The molecule has 0 saturated carbocycles. The summed E-state index contributed by atoms with van der Waals surface area (Å²) < 4.78 is 26.1. The largest absolute Gasteiger partial charge is 0.332 e. The molecule has 1 aliphatic heterocycles. The van der Waals surface area contributed by atoms with E-state index in [0.29, 0.717) is 48.9 Å². The van der Waals surface area contributed by atoms with Crippen molar-refractivity contribution >= 4 is 21.3 Å². The molecule has 2 heterocycles. The van der Waals surface area contributed by atoms with E-state index in [4.69, 9.17) is 0 Å². The molecule has 8 heteroatoms. The number of carbonyl (C=O) groups is 1. The summed E-state index contributed by atoms with van der Waals surface area (Å²) in [4.78, 5) is 16.7. The maximum Gasteiger partial charge on any atom is 0.274 e. The number of H-pyrrole nitrogens is 1. The van der Waals surface area contributed by atoms with Gasteiger partial charge in [-0.2, -0.15) is 5.10 Å². The minimum absolute atomic E-state index is 0.178. The third kappa shape index (κ3) is 5.17. The van der Waals surface area contributed by atoms with Gasteiger partial charge in [-0.25, -0.2) is 4.39 Å². The number of halogens is 1. The van der Waals surface area contributed by atoms with Crippen molar-refractivity contribution in [2.45, 2.75) is 13.5 Å². The van der Waals surface area contributed by atoms with Gasteiger partial charge in [0, 0.05) is 55.5 Å². The maximum atomic E-state index is 14.1. The van der Waals surface area contributed by atoms with E-state index in [0.717, 1.165) is 5.69 Å². The summed E-state index contributed by atoms with van der Waals surface area (Å²) in [6, 6.07) is 8.16. The van der Waals surface area contributed by atoms with Gasteiger partial charge < -0.3 is 4.90 Å². The van der Waals surface area contributed by atoms with Crippen LogP contribution in [0.1, 0.15) is 21.7 Å².